The van der Waals surface area contributed by atoms with Crippen LogP contribution in [0.5, 0.6) is 0 Å². The van der Waals surface area contributed by atoms with Crippen molar-refractivity contribution >= 4 is 18.2 Å². The average Bonchev–Trinajstić information content (AvgIpc) is 2.37. The number of aliphatic hydroxyl groups is 1. The molecule has 0 aliphatic heterocycles. The Bertz CT molecular complexity index is 545. The number of hydrogen-bond acceptors (Lipinski definition) is 5. The molecule has 19 heavy (non-hydrogen) atoms. The van der Waals surface area contributed by atoms with Gasteiger partial charge in [-0.15, -0.1) is 0 Å². The molecule has 1 aromatic rings. The minimum Gasteiger partial charge on any atom is -0.396 e. The second-order valence-electron chi connectivity index (χ2n) is 3.90. The molecule has 1 rings (SSSR count). The molecule has 1 aromatic heterocycles. The van der Waals surface area contributed by atoms with Crippen LogP contribution in [0.3, 0.4) is 0 Å². The van der Waals surface area contributed by atoms with Crippen LogP contribution in [-0.2, 0) is 4.79 Å². The maximum absolute atomic E-state index is 11.6. The van der Waals surface area contributed by atoms with E-state index in [1.54, 1.807) is 0 Å². The molecule has 0 amide bonds. The van der Waals surface area contributed by atoms with Crippen molar-refractivity contribution in [2.45, 2.75) is 19.3 Å². The molecule has 0 bridgehead atoms. The van der Waals surface area contributed by atoms with Gasteiger partial charge in [-0.2, -0.15) is 0 Å². The summed E-state index contributed by atoms with van der Waals surface area (Å²) in [6.45, 7) is 0.705. The predicted octanol–water partition coefficient (Wildman–Crippen LogP) is -0.150. The van der Waals surface area contributed by atoms with Crippen molar-refractivity contribution in [3.8, 4) is 0 Å². The van der Waals surface area contributed by atoms with Crippen LogP contribution in [0.2, 0.25) is 0 Å². The molecule has 0 saturated heterocycles. The molecule has 104 valence electrons. The van der Waals surface area contributed by atoms with Gasteiger partial charge < -0.3 is 10.4 Å². The molecule has 7 nitrogen and oxygen atoms in total. The summed E-state index contributed by atoms with van der Waals surface area (Å²) in [5.74, 6) is 0.288. The van der Waals surface area contributed by atoms with E-state index in [1.807, 2.05) is 0 Å². The highest BCUT2D eigenvalue weighted by atomic mass is 16.3. The topological polar surface area (TPSA) is 115 Å². The molecule has 0 aliphatic rings. The first-order valence-corrected chi connectivity index (χ1v) is 6.02. The zero-order valence-corrected chi connectivity index (χ0v) is 10.4. The molecular weight excluding hydrogens is 250 g/mol. The summed E-state index contributed by atoms with van der Waals surface area (Å²) in [4.78, 5) is 37.6. The largest absolute Gasteiger partial charge is 0.396 e. The molecule has 0 radical (unpaired) electrons. The highest BCUT2D eigenvalue weighted by molar-refractivity contribution is 5.76. The number of anilines is 1. The lowest BCUT2D eigenvalue weighted by atomic mass is 10.2. The van der Waals surface area contributed by atoms with Crippen molar-refractivity contribution < 1.29 is 9.90 Å². The van der Waals surface area contributed by atoms with Crippen molar-refractivity contribution in [1.82, 2.24) is 9.97 Å². The molecule has 0 atom stereocenters. The van der Waals surface area contributed by atoms with E-state index in [4.69, 9.17) is 5.11 Å². The van der Waals surface area contributed by atoms with Gasteiger partial charge in [-0.05, 0) is 31.4 Å². The number of carbonyl (C=O) groups excluding carboxylic acids is 1. The van der Waals surface area contributed by atoms with Crippen molar-refractivity contribution in [2.75, 3.05) is 18.5 Å². The summed E-state index contributed by atoms with van der Waals surface area (Å²) >= 11 is 0. The number of unbranched alkanes of at least 4 members (excludes halogenated alkanes) is 2. The first-order valence-electron chi connectivity index (χ1n) is 6.02. The van der Waals surface area contributed by atoms with Crippen LogP contribution < -0.4 is 16.6 Å². The fourth-order valence-electron chi connectivity index (χ4n) is 1.56. The molecule has 0 aliphatic carbocycles. The minimum atomic E-state index is -0.605. The summed E-state index contributed by atoms with van der Waals surface area (Å²) in [5.41, 5.74) is -0.959. The quantitative estimate of drug-likeness (QED) is 0.297. The van der Waals surface area contributed by atoms with Gasteiger partial charge in [0.2, 0.25) is 0 Å². The third-order valence-corrected chi connectivity index (χ3v) is 2.46. The summed E-state index contributed by atoms with van der Waals surface area (Å²) in [6, 6.07) is 0. The first kappa shape index (κ1) is 14.9. The number of aromatic nitrogens is 2. The van der Waals surface area contributed by atoms with Gasteiger partial charge in [0.15, 0.2) is 0 Å². The first-order chi connectivity index (χ1) is 9.19. The smallest absolute Gasteiger partial charge is 0.327 e. The molecule has 0 saturated carbocycles. The lowest BCUT2D eigenvalue weighted by Crippen LogP contribution is -2.26. The normalized spacial score (nSPS) is 10.8. The van der Waals surface area contributed by atoms with E-state index < -0.39 is 11.2 Å². The minimum absolute atomic E-state index is 0.148. The Balaban J connectivity index is 2.80. The van der Waals surface area contributed by atoms with Gasteiger partial charge in [-0.25, -0.2) is 4.79 Å². The van der Waals surface area contributed by atoms with E-state index in [9.17, 15) is 14.4 Å². The number of nitrogens with one attached hydrogen (secondary N) is 3. The number of aliphatic hydroxyl groups excluding tert-OH is 1. The van der Waals surface area contributed by atoms with E-state index in [2.05, 4.69) is 15.3 Å². The summed E-state index contributed by atoms with van der Waals surface area (Å²) in [5, 5.41) is 11.6. The van der Waals surface area contributed by atoms with E-state index in [0.717, 1.165) is 12.8 Å². The molecule has 0 aromatic carbocycles. The third kappa shape index (κ3) is 4.92. The molecule has 7 heteroatoms. The zero-order valence-electron chi connectivity index (χ0n) is 10.4. The lowest BCUT2D eigenvalue weighted by molar-refractivity contribution is -0.104. The second kappa shape index (κ2) is 8.04. The lowest BCUT2D eigenvalue weighted by Gasteiger charge is -2.08. The van der Waals surface area contributed by atoms with E-state index in [0.29, 0.717) is 19.3 Å². The summed E-state index contributed by atoms with van der Waals surface area (Å²) < 4.78 is 0. The van der Waals surface area contributed by atoms with Crippen molar-refractivity contribution in [3.05, 3.63) is 32.5 Å². The van der Waals surface area contributed by atoms with Gasteiger partial charge in [0.1, 0.15) is 12.1 Å². The Morgan fingerprint density at radius 2 is 1.95 bits per heavy atom. The third-order valence-electron chi connectivity index (χ3n) is 2.46. The number of aldehydes is 1. The molecule has 0 fully saturated rings. The van der Waals surface area contributed by atoms with Gasteiger partial charge in [0.25, 0.3) is 5.56 Å². The van der Waals surface area contributed by atoms with Crippen molar-refractivity contribution in [1.29, 1.82) is 0 Å². The zero-order chi connectivity index (χ0) is 14.1. The number of rotatable bonds is 8. The molecular formula is C12H17N3O4. The van der Waals surface area contributed by atoms with Gasteiger partial charge in [-0.3, -0.25) is 19.6 Å². The fourth-order valence-corrected chi connectivity index (χ4v) is 1.56. The Labute approximate surface area is 109 Å². The van der Waals surface area contributed by atoms with Crippen molar-refractivity contribution in [3.63, 3.8) is 0 Å². The Morgan fingerprint density at radius 1 is 1.16 bits per heavy atom. The molecule has 1 heterocycles. The maximum atomic E-state index is 11.6. The summed E-state index contributed by atoms with van der Waals surface area (Å²) in [6.07, 6.45) is 5.42. The van der Waals surface area contributed by atoms with Crippen LogP contribution in [0.15, 0.2) is 15.7 Å². The fraction of sp³-hybridized carbons (Fsp3) is 0.417. The highest BCUT2D eigenvalue weighted by Gasteiger charge is 2.05. The Hall–Kier alpha value is -2.15. The van der Waals surface area contributed by atoms with Crippen molar-refractivity contribution in [2.24, 2.45) is 0 Å². The standard InChI is InChI=1S/C12H17N3O4/c16-7-3-1-2-6-13-10-9(5-4-8-17)11(18)15-12(19)14-10/h4-5,8,16H,1-3,6-7H2,(H3,13,14,15,18,19)/b5-4+. The highest BCUT2D eigenvalue weighted by Crippen LogP contribution is 2.07. The van der Waals surface area contributed by atoms with Crippen LogP contribution in [0.25, 0.3) is 6.08 Å². The number of allylic oxidation sites excluding steroid dienone is 1. The SMILES string of the molecule is O=C/C=C/c1c(NCCCCCO)[nH]c(=O)[nH]c1=O. The number of hydrogen-bond donors (Lipinski definition) is 4. The number of H-pyrrole nitrogens is 2. The van der Waals surface area contributed by atoms with E-state index in [1.165, 1.54) is 12.2 Å². The van der Waals surface area contributed by atoms with Gasteiger partial charge in [0, 0.05) is 13.2 Å². The van der Waals surface area contributed by atoms with Gasteiger partial charge >= 0.3 is 5.69 Å². The van der Waals surface area contributed by atoms with Gasteiger partial charge in [-0.1, -0.05) is 0 Å². The number of carbonyl (C=O) groups is 1. The van der Waals surface area contributed by atoms with Crippen LogP contribution in [0.4, 0.5) is 5.82 Å². The Kier molecular flexibility index (Phi) is 6.31. The van der Waals surface area contributed by atoms with Crippen LogP contribution in [0.1, 0.15) is 24.8 Å². The van der Waals surface area contributed by atoms with E-state index in [-0.39, 0.29) is 18.0 Å². The monoisotopic (exact) mass is 267 g/mol. The Morgan fingerprint density at radius 3 is 2.63 bits per heavy atom. The number of aromatic amines is 2. The summed E-state index contributed by atoms with van der Waals surface area (Å²) in [7, 11) is 0. The van der Waals surface area contributed by atoms with Crippen LogP contribution >= 0.6 is 0 Å². The maximum Gasteiger partial charge on any atom is 0.327 e. The molecule has 4 N–H and O–H groups in total. The van der Waals surface area contributed by atoms with E-state index >= 15 is 0 Å². The molecule has 0 unspecified atom stereocenters. The predicted molar refractivity (Wildman–Crippen MR) is 72.2 cm³/mol. The van der Waals surface area contributed by atoms with Crippen LogP contribution in [-0.4, -0.2) is 34.5 Å². The van der Waals surface area contributed by atoms with Gasteiger partial charge in [0.05, 0.1) is 5.56 Å². The van der Waals surface area contributed by atoms with Crippen LogP contribution in [0, 0.1) is 0 Å². The second-order valence-corrected chi connectivity index (χ2v) is 3.90. The average molecular weight is 267 g/mol. The molecule has 0 spiro atoms.